The highest BCUT2D eigenvalue weighted by atomic mass is 16.6. The Kier molecular flexibility index (Phi) is 1.97. The summed E-state index contributed by atoms with van der Waals surface area (Å²) in [7, 11) is 0. The fourth-order valence-corrected chi connectivity index (χ4v) is 1.42. The Morgan fingerprint density at radius 1 is 1.69 bits per heavy atom. The van der Waals surface area contributed by atoms with Gasteiger partial charge in [0.25, 0.3) is 0 Å². The van der Waals surface area contributed by atoms with Crippen LogP contribution in [0.5, 0.6) is 0 Å². The molecule has 0 aromatic carbocycles. The molecular weight excluding hydrogens is 172 g/mol. The average molecular weight is 182 g/mol. The molecule has 0 unspecified atom stereocenters. The van der Waals surface area contributed by atoms with Crippen LogP contribution in [0.15, 0.2) is 6.20 Å². The smallest absolute Gasteiger partial charge is 0.345 e. The zero-order chi connectivity index (χ0) is 9.26. The van der Waals surface area contributed by atoms with Crippen LogP contribution in [0.4, 0.5) is 5.82 Å². The van der Waals surface area contributed by atoms with Gasteiger partial charge in [0, 0.05) is 0 Å². The predicted octanol–water partition coefficient (Wildman–Crippen LogP) is 0.0798. The topological polar surface area (TPSA) is 83.8 Å². The minimum absolute atomic E-state index is 0.0342. The molecule has 0 bridgehead atoms. The van der Waals surface area contributed by atoms with Gasteiger partial charge in [-0.2, -0.15) is 0 Å². The zero-order valence-corrected chi connectivity index (χ0v) is 6.99. The summed E-state index contributed by atoms with van der Waals surface area (Å²) in [5, 5.41) is 19.7. The number of H-pyrrole nitrogens is 1. The van der Waals surface area contributed by atoms with E-state index in [1.165, 1.54) is 6.20 Å². The zero-order valence-electron chi connectivity index (χ0n) is 6.99. The summed E-state index contributed by atoms with van der Waals surface area (Å²) in [5.74, 6) is 0.559. The van der Waals surface area contributed by atoms with Gasteiger partial charge in [-0.3, -0.25) is 0 Å². The lowest BCUT2D eigenvalue weighted by Gasteiger charge is -2.26. The summed E-state index contributed by atoms with van der Waals surface area (Å²) in [4.78, 5) is 10.1. The Morgan fingerprint density at radius 2 is 2.46 bits per heavy atom. The van der Waals surface area contributed by atoms with Gasteiger partial charge in [-0.05, 0) is 30.4 Å². The van der Waals surface area contributed by atoms with Crippen LogP contribution in [-0.2, 0) is 6.42 Å². The molecule has 1 aromatic rings. The highest BCUT2D eigenvalue weighted by molar-refractivity contribution is 5.30. The van der Waals surface area contributed by atoms with Gasteiger partial charge < -0.3 is 15.4 Å². The van der Waals surface area contributed by atoms with Gasteiger partial charge in [-0.15, -0.1) is 5.10 Å². The first-order chi connectivity index (χ1) is 6.27. The first kappa shape index (κ1) is 8.18. The van der Waals surface area contributed by atoms with Gasteiger partial charge in [0.1, 0.15) is 0 Å². The van der Waals surface area contributed by atoms with E-state index in [9.17, 15) is 10.1 Å². The molecule has 0 saturated carbocycles. The van der Waals surface area contributed by atoms with Gasteiger partial charge in [-0.25, -0.2) is 0 Å². The first-order valence-corrected chi connectivity index (χ1v) is 4.14. The van der Waals surface area contributed by atoms with Crippen LogP contribution in [0.25, 0.3) is 0 Å². The molecule has 1 aromatic heterocycles. The number of nitro groups is 1. The molecule has 1 saturated heterocycles. The quantitative estimate of drug-likeness (QED) is 0.512. The van der Waals surface area contributed by atoms with Crippen molar-refractivity contribution in [3.63, 3.8) is 0 Å². The summed E-state index contributed by atoms with van der Waals surface area (Å²) >= 11 is 0. The van der Waals surface area contributed by atoms with E-state index in [2.05, 4.69) is 15.5 Å². The molecule has 70 valence electrons. The van der Waals surface area contributed by atoms with Crippen LogP contribution in [-0.4, -0.2) is 28.2 Å². The Hall–Kier alpha value is -1.43. The number of aromatic amines is 1. The van der Waals surface area contributed by atoms with E-state index < -0.39 is 4.92 Å². The highest BCUT2D eigenvalue weighted by Gasteiger charge is 2.22. The molecule has 1 aliphatic heterocycles. The van der Waals surface area contributed by atoms with Crippen molar-refractivity contribution >= 4 is 5.82 Å². The molecule has 2 N–H and O–H groups in total. The Labute approximate surface area is 74.5 Å². The summed E-state index contributed by atoms with van der Waals surface area (Å²) in [6.07, 6.45) is 2.27. The van der Waals surface area contributed by atoms with Crippen LogP contribution in [0, 0.1) is 16.0 Å². The van der Waals surface area contributed by atoms with E-state index in [4.69, 9.17) is 0 Å². The monoisotopic (exact) mass is 182 g/mol. The summed E-state index contributed by atoms with van der Waals surface area (Å²) in [6.45, 7) is 1.89. The van der Waals surface area contributed by atoms with Gasteiger partial charge in [0.2, 0.25) is 0 Å². The number of nitrogens with one attached hydrogen (secondary N) is 2. The SMILES string of the molecule is O=[N+]([O-])c1[nH]ncc1CC1CNC1. The minimum atomic E-state index is -0.422. The van der Waals surface area contributed by atoms with E-state index in [0.717, 1.165) is 19.5 Å². The molecule has 1 fully saturated rings. The number of nitrogens with zero attached hydrogens (tertiary/aromatic N) is 2. The summed E-state index contributed by atoms with van der Waals surface area (Å²) in [6, 6.07) is 0. The van der Waals surface area contributed by atoms with E-state index in [1.807, 2.05) is 0 Å². The molecule has 0 radical (unpaired) electrons. The van der Waals surface area contributed by atoms with Gasteiger partial charge in [-0.1, -0.05) is 5.10 Å². The van der Waals surface area contributed by atoms with Gasteiger partial charge in [0.15, 0.2) is 0 Å². The molecule has 0 spiro atoms. The van der Waals surface area contributed by atoms with Crippen LogP contribution >= 0.6 is 0 Å². The minimum Gasteiger partial charge on any atom is -0.358 e. The summed E-state index contributed by atoms with van der Waals surface area (Å²) < 4.78 is 0. The highest BCUT2D eigenvalue weighted by Crippen LogP contribution is 2.19. The second kappa shape index (κ2) is 3.14. The van der Waals surface area contributed by atoms with Crippen LogP contribution in [0.3, 0.4) is 0 Å². The van der Waals surface area contributed by atoms with Crippen LogP contribution in [0.1, 0.15) is 5.56 Å². The third-order valence-electron chi connectivity index (χ3n) is 2.25. The molecule has 1 aliphatic rings. The second-order valence-electron chi connectivity index (χ2n) is 3.23. The Bertz CT molecular complexity index is 318. The lowest BCUT2D eigenvalue weighted by Crippen LogP contribution is -2.43. The number of rotatable bonds is 3. The largest absolute Gasteiger partial charge is 0.358 e. The Morgan fingerprint density at radius 3 is 3.00 bits per heavy atom. The number of hydrogen-bond donors (Lipinski definition) is 2. The number of hydrogen-bond acceptors (Lipinski definition) is 4. The van der Waals surface area contributed by atoms with Crippen LogP contribution < -0.4 is 5.32 Å². The summed E-state index contributed by atoms with van der Waals surface area (Å²) in [5.41, 5.74) is 0.705. The maximum atomic E-state index is 10.5. The van der Waals surface area contributed by atoms with Crippen molar-refractivity contribution < 1.29 is 4.92 Å². The van der Waals surface area contributed by atoms with Crippen molar-refractivity contribution in [1.82, 2.24) is 15.5 Å². The number of aromatic nitrogens is 2. The molecule has 2 heterocycles. The molecule has 6 nitrogen and oxygen atoms in total. The van der Waals surface area contributed by atoms with Crippen molar-refractivity contribution in [2.24, 2.45) is 5.92 Å². The molecule has 2 rings (SSSR count). The molecule has 0 amide bonds. The lowest BCUT2D eigenvalue weighted by molar-refractivity contribution is -0.390. The first-order valence-electron chi connectivity index (χ1n) is 4.14. The maximum absolute atomic E-state index is 10.5. The van der Waals surface area contributed by atoms with E-state index >= 15 is 0 Å². The van der Waals surface area contributed by atoms with Crippen molar-refractivity contribution in [3.05, 3.63) is 21.9 Å². The van der Waals surface area contributed by atoms with Crippen molar-refractivity contribution in [1.29, 1.82) is 0 Å². The predicted molar refractivity (Wildman–Crippen MR) is 45.3 cm³/mol. The third kappa shape index (κ3) is 1.52. The molecule has 0 aliphatic carbocycles. The second-order valence-corrected chi connectivity index (χ2v) is 3.23. The molecular formula is C7H10N4O2. The van der Waals surface area contributed by atoms with E-state index in [1.54, 1.807) is 0 Å². The van der Waals surface area contributed by atoms with Crippen molar-refractivity contribution in [3.8, 4) is 0 Å². The van der Waals surface area contributed by atoms with Gasteiger partial charge in [0.05, 0.1) is 11.8 Å². The van der Waals surface area contributed by atoms with Crippen molar-refractivity contribution in [2.45, 2.75) is 6.42 Å². The van der Waals surface area contributed by atoms with Crippen LogP contribution in [0.2, 0.25) is 0 Å². The fraction of sp³-hybridized carbons (Fsp3) is 0.571. The lowest BCUT2D eigenvalue weighted by atomic mass is 9.96. The van der Waals surface area contributed by atoms with Gasteiger partial charge >= 0.3 is 5.82 Å². The molecule has 6 heteroatoms. The third-order valence-corrected chi connectivity index (χ3v) is 2.25. The fourth-order valence-electron chi connectivity index (χ4n) is 1.42. The Balaban J connectivity index is 2.09. The molecule has 13 heavy (non-hydrogen) atoms. The molecule has 0 atom stereocenters. The van der Waals surface area contributed by atoms with Crippen molar-refractivity contribution in [2.75, 3.05) is 13.1 Å². The average Bonchev–Trinajstić information content (AvgIpc) is 2.44. The van der Waals surface area contributed by atoms with E-state index in [0.29, 0.717) is 11.5 Å². The maximum Gasteiger partial charge on any atom is 0.345 e. The normalized spacial score (nSPS) is 16.9. The van der Waals surface area contributed by atoms with E-state index in [-0.39, 0.29) is 5.82 Å². The standard InChI is InChI=1S/C7H10N4O2/c12-11(13)7-6(4-9-10-7)1-5-2-8-3-5/h4-5,8H,1-3H2,(H,9,10).